The van der Waals surface area contributed by atoms with Crippen LogP contribution in [-0.4, -0.2) is 114 Å². The van der Waals surface area contributed by atoms with E-state index in [0.29, 0.717) is 56.3 Å². The highest BCUT2D eigenvalue weighted by molar-refractivity contribution is 5.90. The Bertz CT molecular complexity index is 1830. The molecule has 0 unspecified atom stereocenters. The highest BCUT2D eigenvalue weighted by atomic mass is 16.7. The number of benzene rings is 2. The Morgan fingerprint density at radius 3 is 2.37 bits per heavy atom. The molecule has 9 rings (SSSR count). The lowest BCUT2D eigenvalue weighted by molar-refractivity contribution is -0.354. The molecule has 2 aromatic carbocycles. The first-order chi connectivity index (χ1) is 25.5. The molecule has 4 saturated carbocycles. The minimum Gasteiger partial charge on any atom is -0.493 e. The molecule has 12 nitrogen and oxygen atoms in total. The van der Waals surface area contributed by atoms with Gasteiger partial charge in [-0.1, -0.05) is 44.2 Å². The maximum Gasteiger partial charge on any atom is 0.338 e. The van der Waals surface area contributed by atoms with E-state index in [4.69, 9.17) is 18.9 Å². The quantitative estimate of drug-likeness (QED) is 0.239. The summed E-state index contributed by atoms with van der Waals surface area (Å²) in [4.78, 5) is 15.9. The number of ether oxygens (including phenoxy) is 4. The van der Waals surface area contributed by atoms with Gasteiger partial charge in [-0.2, -0.15) is 0 Å². The molecule has 7 aliphatic rings. The predicted octanol–water partition coefficient (Wildman–Crippen LogP) is 2.93. The van der Waals surface area contributed by atoms with Crippen LogP contribution in [0.3, 0.4) is 0 Å². The fourth-order valence-electron chi connectivity index (χ4n) is 13.3. The van der Waals surface area contributed by atoms with E-state index in [-0.39, 0.29) is 31.4 Å². The molecule has 54 heavy (non-hydrogen) atoms. The number of hydrogen-bond acceptors (Lipinski definition) is 12. The summed E-state index contributed by atoms with van der Waals surface area (Å²) in [5, 5.41) is 75.2. The summed E-state index contributed by atoms with van der Waals surface area (Å²) in [6.45, 7) is 6.89. The van der Waals surface area contributed by atoms with Gasteiger partial charge in [-0.15, -0.1) is 0 Å². The van der Waals surface area contributed by atoms with Crippen molar-refractivity contribution in [1.82, 2.24) is 4.90 Å². The van der Waals surface area contributed by atoms with Crippen molar-refractivity contribution in [3.63, 3.8) is 0 Å². The molecular formula is C42H55NO11. The van der Waals surface area contributed by atoms with Crippen LogP contribution in [0.2, 0.25) is 0 Å². The van der Waals surface area contributed by atoms with Gasteiger partial charge in [-0.3, -0.25) is 4.90 Å². The second-order valence-electron chi connectivity index (χ2n) is 18.3. The minimum absolute atomic E-state index is 0.109. The van der Waals surface area contributed by atoms with Crippen molar-refractivity contribution in [3.8, 4) is 11.5 Å². The van der Waals surface area contributed by atoms with Crippen LogP contribution >= 0.6 is 0 Å². The molecular weight excluding hydrogens is 694 g/mol. The van der Waals surface area contributed by atoms with Crippen molar-refractivity contribution < 1.29 is 54.4 Å². The van der Waals surface area contributed by atoms with E-state index >= 15 is 0 Å². The number of aliphatic hydroxyl groups is 6. The van der Waals surface area contributed by atoms with Crippen LogP contribution in [0.25, 0.3) is 0 Å². The van der Waals surface area contributed by atoms with Crippen LogP contribution in [0.5, 0.6) is 11.5 Å². The number of piperidine rings is 2. The second-order valence-corrected chi connectivity index (χ2v) is 18.3. The zero-order valence-electron chi connectivity index (χ0n) is 31.6. The molecule has 3 aliphatic heterocycles. The Morgan fingerprint density at radius 1 is 0.889 bits per heavy atom. The number of esters is 1. The van der Waals surface area contributed by atoms with E-state index in [1.165, 1.54) is 7.11 Å². The van der Waals surface area contributed by atoms with Gasteiger partial charge in [0.05, 0.1) is 24.4 Å². The molecule has 3 heterocycles. The van der Waals surface area contributed by atoms with E-state index in [1.54, 1.807) is 25.1 Å². The highest BCUT2D eigenvalue weighted by Gasteiger charge is 2.88. The fourth-order valence-corrected chi connectivity index (χ4v) is 13.3. The molecule has 4 aliphatic carbocycles. The molecule has 0 aromatic heterocycles. The van der Waals surface area contributed by atoms with Crippen molar-refractivity contribution in [2.75, 3.05) is 20.2 Å². The molecule has 294 valence electrons. The van der Waals surface area contributed by atoms with E-state index in [1.807, 2.05) is 37.3 Å². The number of rotatable bonds is 6. The Balaban J connectivity index is 1.01. The van der Waals surface area contributed by atoms with Crippen molar-refractivity contribution in [2.45, 2.75) is 131 Å². The molecule has 3 saturated heterocycles. The maximum atomic E-state index is 13.8. The van der Waals surface area contributed by atoms with Gasteiger partial charge in [-0.05, 0) is 75.1 Å². The third-order valence-corrected chi connectivity index (χ3v) is 15.9. The van der Waals surface area contributed by atoms with Crippen LogP contribution in [0.15, 0.2) is 48.5 Å². The van der Waals surface area contributed by atoms with Crippen molar-refractivity contribution in [1.29, 1.82) is 0 Å². The van der Waals surface area contributed by atoms with Gasteiger partial charge in [0.15, 0.2) is 17.6 Å². The molecule has 7 fully saturated rings. The zero-order chi connectivity index (χ0) is 38.3. The Hall–Kier alpha value is -2.81. The van der Waals surface area contributed by atoms with Crippen LogP contribution < -0.4 is 9.47 Å². The summed E-state index contributed by atoms with van der Waals surface area (Å²) in [5.41, 5.74) is -8.55. The zero-order valence-corrected chi connectivity index (χ0v) is 31.6. The monoisotopic (exact) mass is 749 g/mol. The topological polar surface area (TPSA) is 179 Å². The van der Waals surface area contributed by atoms with Crippen LogP contribution in [0, 0.1) is 29.1 Å². The maximum absolute atomic E-state index is 13.8. The predicted molar refractivity (Wildman–Crippen MR) is 193 cm³/mol. The number of aliphatic hydroxyl groups excluding tert-OH is 1. The SMILES string of the molecule is COc1cc(C(=O)O[C@H]2CC[C@@]3(C)[C@@H]4CC[C@H]5[C@]6(O)C[C@H](O)[C@@]7(O)[C@@H](CN8C[C@@H](C)CC[C@H]8[C@@]7(C)O)[C@]6(O)C[C@@]53O[C@]24O)ccc1OCc1ccccc1. The van der Waals surface area contributed by atoms with Gasteiger partial charge in [0.2, 0.25) is 5.79 Å². The van der Waals surface area contributed by atoms with E-state index in [9.17, 15) is 35.4 Å². The Kier molecular flexibility index (Phi) is 8.08. The number of hydrogen-bond donors (Lipinski definition) is 6. The number of carbonyl (C=O) groups is 1. The summed E-state index contributed by atoms with van der Waals surface area (Å²) in [7, 11) is 1.49. The third-order valence-electron chi connectivity index (χ3n) is 15.9. The van der Waals surface area contributed by atoms with Gasteiger partial charge in [0.1, 0.15) is 29.0 Å². The molecule has 0 amide bonds. The molecule has 0 radical (unpaired) electrons. The summed E-state index contributed by atoms with van der Waals surface area (Å²) >= 11 is 0. The van der Waals surface area contributed by atoms with E-state index in [2.05, 4.69) is 11.8 Å². The van der Waals surface area contributed by atoms with Gasteiger partial charge in [0, 0.05) is 55.1 Å². The average Bonchev–Trinajstić information content (AvgIpc) is 3.31. The standard InChI is InChI=1S/C42H55NO11/c1-24-10-15-32-37(3,46)41(49)31(21-43(32)20-24)39(48)23-40-30(38(39,47)19-33(41)44)14-13-29-36(40,2)17-16-34(42(29,50)54-40)53-35(45)26-11-12-27(28(18-26)51-4)52-22-25-8-6-5-7-9-25/h5-9,11-12,18,24,29-34,44,46-50H,10,13-17,19-23H2,1-4H3/t24-,29-,30-,31-,32-,33-,34-,36-,37+,38+,39+,40+,41-,42-/m0/s1. The Labute approximate surface area is 316 Å². The van der Waals surface area contributed by atoms with Crippen LogP contribution in [0.4, 0.5) is 0 Å². The average molecular weight is 750 g/mol. The summed E-state index contributed by atoms with van der Waals surface area (Å²) in [6.07, 6.45) is 0.0802. The van der Waals surface area contributed by atoms with Crippen molar-refractivity contribution in [2.24, 2.45) is 29.1 Å². The highest BCUT2D eigenvalue weighted by Crippen LogP contribution is 2.78. The normalized spacial score (nSPS) is 48.9. The third kappa shape index (κ3) is 4.51. The molecule has 6 N–H and O–H groups in total. The van der Waals surface area contributed by atoms with Gasteiger partial charge in [-0.25, -0.2) is 4.79 Å². The molecule has 12 heteroatoms. The Morgan fingerprint density at radius 2 is 1.63 bits per heavy atom. The first-order valence-electron chi connectivity index (χ1n) is 19.8. The van der Waals surface area contributed by atoms with Gasteiger partial charge in [0.25, 0.3) is 0 Å². The van der Waals surface area contributed by atoms with Crippen molar-refractivity contribution in [3.05, 3.63) is 59.7 Å². The van der Waals surface area contributed by atoms with Crippen LogP contribution in [-0.2, 0) is 16.1 Å². The first kappa shape index (κ1) is 36.8. The second kappa shape index (κ2) is 11.9. The van der Waals surface area contributed by atoms with Gasteiger partial charge < -0.3 is 49.6 Å². The smallest absolute Gasteiger partial charge is 0.338 e. The lowest BCUT2D eigenvalue weighted by atomic mass is 9.49. The summed E-state index contributed by atoms with van der Waals surface area (Å²) in [5.74, 6) is -3.71. The number of carbonyl (C=O) groups excluding carboxylic acids is 1. The molecule has 1 spiro atoms. The molecule has 2 aromatic rings. The number of fused-ring (bicyclic) bond motifs is 5. The van der Waals surface area contributed by atoms with Crippen molar-refractivity contribution >= 4 is 5.97 Å². The number of methoxy groups -OCH3 is 1. The van der Waals surface area contributed by atoms with E-state index in [0.717, 1.165) is 12.0 Å². The molecule has 4 bridgehead atoms. The number of nitrogens with zero attached hydrogens (tertiary/aromatic N) is 1. The lowest BCUT2D eigenvalue weighted by Gasteiger charge is -2.68. The summed E-state index contributed by atoms with van der Waals surface area (Å²) < 4.78 is 24.6. The molecule has 14 atom stereocenters. The minimum atomic E-state index is -2.11. The van der Waals surface area contributed by atoms with Gasteiger partial charge >= 0.3 is 5.97 Å². The van der Waals surface area contributed by atoms with Crippen LogP contribution in [0.1, 0.15) is 88.1 Å². The lowest BCUT2D eigenvalue weighted by Crippen LogP contribution is -2.85. The summed E-state index contributed by atoms with van der Waals surface area (Å²) in [6, 6.07) is 14.1. The first-order valence-corrected chi connectivity index (χ1v) is 19.8. The fraction of sp³-hybridized carbons (Fsp3) is 0.690. The largest absolute Gasteiger partial charge is 0.493 e. The van der Waals surface area contributed by atoms with E-state index < -0.39 is 81.2 Å².